The van der Waals surface area contributed by atoms with Crippen LogP contribution in [0.1, 0.15) is 22.6 Å². The lowest BCUT2D eigenvalue weighted by Crippen LogP contribution is -2.03. The van der Waals surface area contributed by atoms with Crippen LogP contribution in [-0.2, 0) is 19.3 Å². The zero-order chi connectivity index (χ0) is 19.4. The lowest BCUT2D eigenvalue weighted by Gasteiger charge is -2.06. The standard InChI is InChI=1S/C20H15F3N2O2/c1-13-18(12-26-17-9-3-14(4-10-17)11-24-2)27-19(25-13)15-5-7-16(8-6-15)20(21,22)23/h3-10H,11-12H2,1H3. The molecule has 3 aromatic rings. The summed E-state index contributed by atoms with van der Waals surface area (Å²) in [5.74, 6) is 1.36. The van der Waals surface area contributed by atoms with Crippen molar-refractivity contribution in [2.75, 3.05) is 0 Å². The summed E-state index contributed by atoms with van der Waals surface area (Å²) in [5.41, 5.74) is 1.24. The Hall–Kier alpha value is -3.27. The Balaban J connectivity index is 1.70. The van der Waals surface area contributed by atoms with E-state index in [1.165, 1.54) is 12.1 Å². The second kappa shape index (κ2) is 7.54. The van der Waals surface area contributed by atoms with Crippen LogP contribution in [0.4, 0.5) is 13.2 Å². The number of oxazole rings is 1. The van der Waals surface area contributed by atoms with E-state index < -0.39 is 11.7 Å². The smallest absolute Gasteiger partial charge is 0.416 e. The van der Waals surface area contributed by atoms with Gasteiger partial charge in [-0.25, -0.2) is 11.6 Å². The molecular formula is C20H15F3N2O2. The molecule has 0 N–H and O–H groups in total. The molecule has 0 saturated heterocycles. The van der Waals surface area contributed by atoms with E-state index in [0.29, 0.717) is 29.3 Å². The van der Waals surface area contributed by atoms with Crippen LogP contribution in [0, 0.1) is 13.5 Å². The van der Waals surface area contributed by atoms with E-state index in [1.807, 2.05) is 12.1 Å². The molecule has 0 unspecified atom stereocenters. The minimum absolute atomic E-state index is 0.141. The number of benzene rings is 2. The van der Waals surface area contributed by atoms with Crippen LogP contribution in [0.3, 0.4) is 0 Å². The van der Waals surface area contributed by atoms with Gasteiger partial charge in [-0.05, 0) is 55.5 Å². The molecular weight excluding hydrogens is 357 g/mol. The van der Waals surface area contributed by atoms with E-state index in [1.54, 1.807) is 19.1 Å². The summed E-state index contributed by atoms with van der Waals surface area (Å²) in [6.07, 6.45) is -4.38. The number of aryl methyl sites for hydroxylation is 1. The maximum absolute atomic E-state index is 12.6. The molecule has 0 spiro atoms. The summed E-state index contributed by atoms with van der Waals surface area (Å²) in [6, 6.07) is 11.8. The average Bonchev–Trinajstić information content (AvgIpc) is 3.02. The summed E-state index contributed by atoms with van der Waals surface area (Å²) < 4.78 is 49.3. The summed E-state index contributed by atoms with van der Waals surface area (Å²) in [7, 11) is 0. The Kier molecular flexibility index (Phi) is 5.17. The summed E-state index contributed by atoms with van der Waals surface area (Å²) >= 11 is 0. The highest BCUT2D eigenvalue weighted by Gasteiger charge is 2.30. The highest BCUT2D eigenvalue weighted by Crippen LogP contribution is 2.31. The van der Waals surface area contributed by atoms with Crippen LogP contribution in [0.2, 0.25) is 0 Å². The molecule has 2 aromatic carbocycles. The van der Waals surface area contributed by atoms with Gasteiger partial charge in [-0.3, -0.25) is 0 Å². The lowest BCUT2D eigenvalue weighted by molar-refractivity contribution is -0.137. The zero-order valence-electron chi connectivity index (χ0n) is 14.4. The van der Waals surface area contributed by atoms with Crippen molar-refractivity contribution in [1.82, 2.24) is 4.98 Å². The van der Waals surface area contributed by atoms with Crippen LogP contribution >= 0.6 is 0 Å². The molecule has 0 fully saturated rings. The van der Waals surface area contributed by atoms with Crippen LogP contribution in [0.15, 0.2) is 52.9 Å². The van der Waals surface area contributed by atoms with Crippen molar-refractivity contribution in [2.24, 2.45) is 0 Å². The van der Waals surface area contributed by atoms with Gasteiger partial charge in [0.1, 0.15) is 12.4 Å². The Bertz CT molecular complexity index is 953. The van der Waals surface area contributed by atoms with Crippen LogP contribution in [0.5, 0.6) is 5.75 Å². The van der Waals surface area contributed by atoms with Crippen molar-refractivity contribution in [3.05, 3.63) is 82.5 Å². The third kappa shape index (κ3) is 4.47. The predicted octanol–water partition coefficient (Wildman–Crippen LogP) is 5.67. The molecule has 7 heteroatoms. The molecule has 0 aliphatic carbocycles. The Labute approximate surface area is 154 Å². The van der Waals surface area contributed by atoms with Gasteiger partial charge < -0.3 is 14.0 Å². The second-order valence-electron chi connectivity index (χ2n) is 5.85. The fourth-order valence-corrected chi connectivity index (χ4v) is 2.42. The van der Waals surface area contributed by atoms with Crippen molar-refractivity contribution >= 4 is 0 Å². The van der Waals surface area contributed by atoms with Crippen molar-refractivity contribution < 1.29 is 22.3 Å². The van der Waals surface area contributed by atoms with E-state index >= 15 is 0 Å². The number of hydrogen-bond donors (Lipinski definition) is 0. The SMILES string of the molecule is [C-]#[N+]Cc1ccc(OCc2oc(-c3ccc(C(F)(F)F)cc3)nc2C)cc1. The first-order valence-corrected chi connectivity index (χ1v) is 8.05. The van der Waals surface area contributed by atoms with Gasteiger partial charge in [0.05, 0.1) is 11.3 Å². The van der Waals surface area contributed by atoms with Gasteiger partial charge in [0.2, 0.25) is 12.4 Å². The molecule has 0 amide bonds. The van der Waals surface area contributed by atoms with Crippen molar-refractivity contribution in [3.8, 4) is 17.2 Å². The molecule has 27 heavy (non-hydrogen) atoms. The molecule has 3 rings (SSSR count). The first-order chi connectivity index (χ1) is 12.9. The number of alkyl halides is 3. The first-order valence-electron chi connectivity index (χ1n) is 8.05. The molecule has 0 aliphatic rings. The van der Waals surface area contributed by atoms with Crippen LogP contribution in [-0.4, -0.2) is 4.98 Å². The molecule has 0 saturated carbocycles. The van der Waals surface area contributed by atoms with Crippen LogP contribution in [0.25, 0.3) is 16.3 Å². The van der Waals surface area contributed by atoms with E-state index in [2.05, 4.69) is 9.83 Å². The molecule has 4 nitrogen and oxygen atoms in total. The predicted molar refractivity (Wildman–Crippen MR) is 92.8 cm³/mol. The normalized spacial score (nSPS) is 11.2. The monoisotopic (exact) mass is 372 g/mol. The fourth-order valence-electron chi connectivity index (χ4n) is 2.42. The van der Waals surface area contributed by atoms with Gasteiger partial charge in [0.25, 0.3) is 0 Å². The number of hydrogen-bond acceptors (Lipinski definition) is 3. The van der Waals surface area contributed by atoms with Gasteiger partial charge in [-0.1, -0.05) is 0 Å². The van der Waals surface area contributed by atoms with E-state index in [9.17, 15) is 13.2 Å². The van der Waals surface area contributed by atoms with E-state index in [0.717, 1.165) is 17.7 Å². The van der Waals surface area contributed by atoms with Gasteiger partial charge in [-0.2, -0.15) is 13.2 Å². The largest absolute Gasteiger partial charge is 0.486 e. The third-order valence-corrected chi connectivity index (χ3v) is 3.91. The average molecular weight is 372 g/mol. The Morgan fingerprint density at radius 2 is 1.74 bits per heavy atom. The minimum atomic E-state index is -4.38. The minimum Gasteiger partial charge on any atom is -0.486 e. The highest BCUT2D eigenvalue weighted by atomic mass is 19.4. The molecule has 1 heterocycles. The van der Waals surface area contributed by atoms with E-state index in [-0.39, 0.29) is 12.5 Å². The number of rotatable bonds is 5. The summed E-state index contributed by atoms with van der Waals surface area (Å²) in [5, 5.41) is 0. The molecule has 0 aliphatic heterocycles. The van der Waals surface area contributed by atoms with Crippen molar-refractivity contribution in [2.45, 2.75) is 26.3 Å². The lowest BCUT2D eigenvalue weighted by atomic mass is 10.1. The summed E-state index contributed by atoms with van der Waals surface area (Å²) in [6.45, 7) is 9.05. The molecule has 0 atom stereocenters. The van der Waals surface area contributed by atoms with Gasteiger partial charge in [-0.15, -0.1) is 0 Å². The molecule has 138 valence electrons. The second-order valence-corrected chi connectivity index (χ2v) is 5.85. The molecule has 0 bridgehead atoms. The van der Waals surface area contributed by atoms with Crippen molar-refractivity contribution in [3.63, 3.8) is 0 Å². The highest BCUT2D eigenvalue weighted by molar-refractivity contribution is 5.54. The van der Waals surface area contributed by atoms with Gasteiger partial charge in [0, 0.05) is 11.1 Å². The molecule has 0 radical (unpaired) electrons. The Morgan fingerprint density at radius 1 is 1.07 bits per heavy atom. The molecule has 1 aromatic heterocycles. The topological polar surface area (TPSA) is 39.6 Å². The van der Waals surface area contributed by atoms with Crippen LogP contribution < -0.4 is 4.74 Å². The first kappa shape index (κ1) is 18.5. The van der Waals surface area contributed by atoms with E-state index in [4.69, 9.17) is 15.7 Å². The third-order valence-electron chi connectivity index (χ3n) is 3.91. The number of nitrogens with zero attached hydrogens (tertiary/aromatic N) is 2. The van der Waals surface area contributed by atoms with Crippen molar-refractivity contribution in [1.29, 1.82) is 0 Å². The number of halogens is 3. The summed E-state index contributed by atoms with van der Waals surface area (Å²) in [4.78, 5) is 7.58. The maximum Gasteiger partial charge on any atom is 0.416 e. The van der Waals surface area contributed by atoms with Gasteiger partial charge in [0.15, 0.2) is 5.76 Å². The Morgan fingerprint density at radius 3 is 2.33 bits per heavy atom. The number of aromatic nitrogens is 1. The fraction of sp³-hybridized carbons (Fsp3) is 0.200. The van der Waals surface area contributed by atoms with Gasteiger partial charge >= 0.3 is 6.18 Å². The maximum atomic E-state index is 12.6. The number of ether oxygens (including phenoxy) is 1. The zero-order valence-corrected chi connectivity index (χ0v) is 14.4. The quantitative estimate of drug-likeness (QED) is 0.542.